The summed E-state index contributed by atoms with van der Waals surface area (Å²) < 4.78 is 2.02. The van der Waals surface area contributed by atoms with E-state index >= 15 is 0 Å². The molecule has 4 rings (SSSR count). The van der Waals surface area contributed by atoms with Crippen LogP contribution in [-0.4, -0.2) is 34.7 Å². The van der Waals surface area contributed by atoms with Gasteiger partial charge in [0.15, 0.2) is 0 Å². The third-order valence-electron chi connectivity index (χ3n) is 6.07. The van der Waals surface area contributed by atoms with Gasteiger partial charge in [-0.2, -0.15) is 5.10 Å². The van der Waals surface area contributed by atoms with Gasteiger partial charge >= 0.3 is 0 Å². The number of hydrogen-bond donors (Lipinski definition) is 1. The molecule has 2 aliphatic rings. The van der Waals surface area contributed by atoms with E-state index in [1.807, 2.05) is 36.0 Å². The molecule has 28 heavy (non-hydrogen) atoms. The minimum Gasteiger partial charge on any atom is -0.354 e. The van der Waals surface area contributed by atoms with Crippen LogP contribution in [0.15, 0.2) is 24.4 Å². The number of carbonyl (C=O) groups excluding carboxylic acids is 2. The monoisotopic (exact) mass is 380 g/mol. The Kier molecular flexibility index (Phi) is 5.20. The predicted octanol–water partition coefficient (Wildman–Crippen LogP) is 2.55. The summed E-state index contributed by atoms with van der Waals surface area (Å²) in [5, 5.41) is 7.48. The van der Waals surface area contributed by atoms with Crippen LogP contribution >= 0.6 is 0 Å². The highest BCUT2D eigenvalue weighted by Crippen LogP contribution is 2.27. The summed E-state index contributed by atoms with van der Waals surface area (Å²) in [5.74, 6) is -0.314. The standard InChI is InChI=1S/C22H28N4O2/c1-15-7-8-19(11-16(15)2)25-14-18(12-21(25)27)22(28)23-9-10-26-20-6-4-3-5-17(20)13-24-26/h7-8,11,13,18H,3-6,9-10,12,14H2,1-2H3,(H,23,28). The van der Waals surface area contributed by atoms with E-state index in [1.165, 1.54) is 29.7 Å². The smallest absolute Gasteiger partial charge is 0.227 e. The molecule has 148 valence electrons. The van der Waals surface area contributed by atoms with E-state index in [-0.39, 0.29) is 24.2 Å². The predicted molar refractivity (Wildman–Crippen MR) is 108 cm³/mol. The third-order valence-corrected chi connectivity index (χ3v) is 6.07. The van der Waals surface area contributed by atoms with Crippen LogP contribution in [-0.2, 0) is 29.0 Å². The second kappa shape index (κ2) is 7.78. The first kappa shape index (κ1) is 18.7. The molecule has 0 saturated carbocycles. The fourth-order valence-electron chi connectivity index (χ4n) is 4.20. The summed E-state index contributed by atoms with van der Waals surface area (Å²) >= 11 is 0. The fourth-order valence-corrected chi connectivity index (χ4v) is 4.20. The Hall–Kier alpha value is -2.63. The maximum Gasteiger partial charge on any atom is 0.227 e. The van der Waals surface area contributed by atoms with Gasteiger partial charge in [-0.25, -0.2) is 0 Å². The lowest BCUT2D eigenvalue weighted by molar-refractivity contribution is -0.126. The van der Waals surface area contributed by atoms with Gasteiger partial charge in [0, 0.05) is 30.9 Å². The molecule has 1 unspecified atom stereocenters. The van der Waals surface area contributed by atoms with Crippen LogP contribution in [0.3, 0.4) is 0 Å². The lowest BCUT2D eigenvalue weighted by atomic mass is 9.98. The molecule has 1 aliphatic heterocycles. The first-order valence-electron chi connectivity index (χ1n) is 10.2. The Morgan fingerprint density at radius 1 is 1.21 bits per heavy atom. The number of aryl methyl sites for hydroxylation is 3. The number of anilines is 1. The zero-order valence-electron chi connectivity index (χ0n) is 16.7. The molecule has 2 heterocycles. The van der Waals surface area contributed by atoms with Crippen LogP contribution in [0.5, 0.6) is 0 Å². The minimum atomic E-state index is -0.291. The molecule has 2 amide bonds. The van der Waals surface area contributed by atoms with Crippen LogP contribution in [0.25, 0.3) is 0 Å². The Morgan fingerprint density at radius 3 is 2.86 bits per heavy atom. The average Bonchev–Trinajstić information content (AvgIpc) is 3.28. The van der Waals surface area contributed by atoms with Crippen molar-refractivity contribution in [2.75, 3.05) is 18.0 Å². The van der Waals surface area contributed by atoms with E-state index < -0.39 is 0 Å². The van der Waals surface area contributed by atoms with Gasteiger partial charge in [-0.15, -0.1) is 0 Å². The van der Waals surface area contributed by atoms with E-state index in [2.05, 4.69) is 17.3 Å². The van der Waals surface area contributed by atoms with E-state index in [4.69, 9.17) is 0 Å². The molecule has 1 aliphatic carbocycles. The van der Waals surface area contributed by atoms with Gasteiger partial charge in [0.1, 0.15) is 0 Å². The van der Waals surface area contributed by atoms with Gasteiger partial charge in [-0.3, -0.25) is 14.3 Å². The maximum atomic E-state index is 12.6. The lowest BCUT2D eigenvalue weighted by Crippen LogP contribution is -2.35. The molecular weight excluding hydrogens is 352 g/mol. The molecule has 6 heteroatoms. The highest BCUT2D eigenvalue weighted by Gasteiger charge is 2.35. The summed E-state index contributed by atoms with van der Waals surface area (Å²) in [6, 6.07) is 6.01. The van der Waals surface area contributed by atoms with E-state index in [9.17, 15) is 9.59 Å². The number of rotatable bonds is 5. The average molecular weight is 380 g/mol. The minimum absolute atomic E-state index is 0.0181. The first-order valence-corrected chi connectivity index (χ1v) is 10.2. The molecule has 1 fully saturated rings. The van der Waals surface area contributed by atoms with E-state index in [0.717, 1.165) is 24.1 Å². The number of benzene rings is 1. The van der Waals surface area contributed by atoms with Crippen molar-refractivity contribution in [2.45, 2.75) is 52.5 Å². The number of aromatic nitrogens is 2. The maximum absolute atomic E-state index is 12.6. The summed E-state index contributed by atoms with van der Waals surface area (Å²) in [4.78, 5) is 26.8. The van der Waals surface area contributed by atoms with Crippen molar-refractivity contribution in [1.29, 1.82) is 0 Å². The van der Waals surface area contributed by atoms with Gasteiger partial charge in [0.05, 0.1) is 18.7 Å². The Morgan fingerprint density at radius 2 is 2.04 bits per heavy atom. The van der Waals surface area contributed by atoms with Crippen molar-refractivity contribution in [3.63, 3.8) is 0 Å². The van der Waals surface area contributed by atoms with Gasteiger partial charge in [-0.05, 0) is 68.4 Å². The molecule has 1 saturated heterocycles. The summed E-state index contributed by atoms with van der Waals surface area (Å²) in [7, 11) is 0. The topological polar surface area (TPSA) is 67.2 Å². The van der Waals surface area contributed by atoms with Gasteiger partial charge in [0.25, 0.3) is 0 Å². The second-order valence-corrected chi connectivity index (χ2v) is 8.01. The van der Waals surface area contributed by atoms with Crippen LogP contribution < -0.4 is 10.2 Å². The van der Waals surface area contributed by atoms with Gasteiger partial charge in [-0.1, -0.05) is 6.07 Å². The normalized spacial score (nSPS) is 19.0. The van der Waals surface area contributed by atoms with Crippen molar-refractivity contribution >= 4 is 17.5 Å². The highest BCUT2D eigenvalue weighted by molar-refractivity contribution is 6.00. The molecule has 6 nitrogen and oxygen atoms in total. The lowest BCUT2D eigenvalue weighted by Gasteiger charge is -2.18. The number of nitrogens with zero attached hydrogens (tertiary/aromatic N) is 3. The van der Waals surface area contributed by atoms with Crippen molar-refractivity contribution in [3.05, 3.63) is 46.8 Å². The summed E-state index contributed by atoms with van der Waals surface area (Å²) in [5.41, 5.74) is 5.90. The number of fused-ring (bicyclic) bond motifs is 1. The molecule has 0 bridgehead atoms. The molecular formula is C22H28N4O2. The van der Waals surface area contributed by atoms with Crippen LogP contribution in [0.2, 0.25) is 0 Å². The van der Waals surface area contributed by atoms with Crippen molar-refractivity contribution in [3.8, 4) is 0 Å². The quantitative estimate of drug-likeness (QED) is 0.867. The molecule has 1 aromatic heterocycles. The fraction of sp³-hybridized carbons (Fsp3) is 0.500. The number of nitrogens with one attached hydrogen (secondary N) is 1. The van der Waals surface area contributed by atoms with Crippen LogP contribution in [0.1, 0.15) is 41.6 Å². The van der Waals surface area contributed by atoms with E-state index in [0.29, 0.717) is 19.6 Å². The third kappa shape index (κ3) is 3.68. The molecule has 0 spiro atoms. The zero-order chi connectivity index (χ0) is 19.7. The Labute approximate surface area is 165 Å². The molecule has 1 N–H and O–H groups in total. The van der Waals surface area contributed by atoms with Crippen molar-refractivity contribution < 1.29 is 9.59 Å². The highest BCUT2D eigenvalue weighted by atomic mass is 16.2. The molecule has 1 atom stereocenters. The zero-order valence-corrected chi connectivity index (χ0v) is 16.7. The Bertz CT molecular complexity index is 902. The molecule has 2 aromatic rings. The largest absolute Gasteiger partial charge is 0.354 e. The van der Waals surface area contributed by atoms with Crippen molar-refractivity contribution in [1.82, 2.24) is 15.1 Å². The van der Waals surface area contributed by atoms with Gasteiger partial charge < -0.3 is 10.2 Å². The SMILES string of the molecule is Cc1ccc(N2CC(C(=O)NCCn3ncc4c3CCCC4)CC2=O)cc1C. The second-order valence-electron chi connectivity index (χ2n) is 8.01. The van der Waals surface area contributed by atoms with Gasteiger partial charge in [0.2, 0.25) is 11.8 Å². The number of hydrogen-bond acceptors (Lipinski definition) is 3. The number of amides is 2. The van der Waals surface area contributed by atoms with E-state index in [1.54, 1.807) is 4.90 Å². The Balaban J connectivity index is 1.32. The molecule has 0 radical (unpaired) electrons. The summed E-state index contributed by atoms with van der Waals surface area (Å²) in [6.07, 6.45) is 6.88. The molecule has 1 aromatic carbocycles. The van der Waals surface area contributed by atoms with Crippen LogP contribution in [0, 0.1) is 19.8 Å². The number of carbonyl (C=O) groups is 2. The summed E-state index contributed by atoms with van der Waals surface area (Å²) in [6.45, 7) is 5.77. The van der Waals surface area contributed by atoms with Crippen molar-refractivity contribution in [2.24, 2.45) is 5.92 Å². The first-order chi connectivity index (χ1) is 13.5. The van der Waals surface area contributed by atoms with Crippen LogP contribution in [0.4, 0.5) is 5.69 Å².